The Kier molecular flexibility index (Phi) is 8.12. The molecule has 2 N–H and O–H groups in total. The molecule has 0 amide bonds. The van der Waals surface area contributed by atoms with Crippen LogP contribution in [-0.2, 0) is 6.54 Å². The lowest BCUT2D eigenvalue weighted by Crippen LogP contribution is -2.23. The van der Waals surface area contributed by atoms with Crippen molar-refractivity contribution in [2.24, 2.45) is 5.92 Å². The zero-order valence-corrected chi connectivity index (χ0v) is 13.3. The van der Waals surface area contributed by atoms with Crippen LogP contribution in [0.2, 0.25) is 15.1 Å². The zero-order chi connectivity index (χ0) is 14.3. The molecule has 0 radical (unpaired) electrons. The number of hydrogen-bond acceptors (Lipinski definition) is 2. The SMILES string of the molecule is CCCC(CCO)CNCc1c(Cl)ccc(Cl)c1Cl. The van der Waals surface area contributed by atoms with Gasteiger partial charge in [-0.2, -0.15) is 0 Å². The molecule has 0 saturated heterocycles. The van der Waals surface area contributed by atoms with Crippen molar-refractivity contribution in [3.05, 3.63) is 32.8 Å². The van der Waals surface area contributed by atoms with Crippen LogP contribution in [-0.4, -0.2) is 18.3 Å². The summed E-state index contributed by atoms with van der Waals surface area (Å²) in [6.07, 6.45) is 3.04. The summed E-state index contributed by atoms with van der Waals surface area (Å²) in [5.41, 5.74) is 0.829. The van der Waals surface area contributed by atoms with Crippen molar-refractivity contribution in [1.82, 2.24) is 5.32 Å². The van der Waals surface area contributed by atoms with E-state index in [1.807, 2.05) is 0 Å². The van der Waals surface area contributed by atoms with Crippen molar-refractivity contribution < 1.29 is 5.11 Å². The van der Waals surface area contributed by atoms with Gasteiger partial charge < -0.3 is 10.4 Å². The minimum atomic E-state index is 0.227. The molecule has 1 atom stereocenters. The van der Waals surface area contributed by atoms with E-state index in [1.54, 1.807) is 12.1 Å². The predicted octanol–water partition coefficient (Wildman–Crippen LogP) is 4.54. The molecule has 0 spiro atoms. The molecule has 2 nitrogen and oxygen atoms in total. The topological polar surface area (TPSA) is 32.3 Å². The molecule has 1 rings (SSSR count). The summed E-state index contributed by atoms with van der Waals surface area (Å²) >= 11 is 18.2. The Balaban J connectivity index is 2.54. The van der Waals surface area contributed by atoms with Gasteiger partial charge in [-0.05, 0) is 37.4 Å². The summed E-state index contributed by atoms with van der Waals surface area (Å²) in [6.45, 7) is 3.80. The Bertz CT molecular complexity index is 393. The third-order valence-corrected chi connectivity index (χ3v) is 4.31. The molecule has 0 aliphatic heterocycles. The van der Waals surface area contributed by atoms with E-state index in [0.29, 0.717) is 27.5 Å². The van der Waals surface area contributed by atoms with Crippen LogP contribution in [0.4, 0.5) is 0 Å². The lowest BCUT2D eigenvalue weighted by molar-refractivity contribution is 0.248. The van der Waals surface area contributed by atoms with Crippen molar-refractivity contribution in [3.63, 3.8) is 0 Å². The zero-order valence-electron chi connectivity index (χ0n) is 11.1. The first-order chi connectivity index (χ1) is 9.10. The second-order valence-corrected chi connectivity index (χ2v) is 5.81. The molecule has 0 bridgehead atoms. The number of benzene rings is 1. The van der Waals surface area contributed by atoms with Gasteiger partial charge >= 0.3 is 0 Å². The fourth-order valence-corrected chi connectivity index (χ4v) is 2.75. The van der Waals surface area contributed by atoms with Gasteiger partial charge in [0, 0.05) is 23.7 Å². The molecular weight excluding hydrogens is 305 g/mol. The summed E-state index contributed by atoms with van der Waals surface area (Å²) in [5.74, 6) is 0.478. The maximum absolute atomic E-state index is 9.02. The van der Waals surface area contributed by atoms with E-state index in [-0.39, 0.29) is 6.61 Å². The van der Waals surface area contributed by atoms with Crippen LogP contribution in [0, 0.1) is 5.92 Å². The maximum Gasteiger partial charge on any atom is 0.0652 e. The molecule has 1 unspecified atom stereocenters. The van der Waals surface area contributed by atoms with Crippen LogP contribution in [0.1, 0.15) is 31.7 Å². The van der Waals surface area contributed by atoms with Crippen LogP contribution in [0.3, 0.4) is 0 Å². The Morgan fingerprint density at radius 3 is 2.47 bits per heavy atom. The summed E-state index contributed by atoms with van der Waals surface area (Å²) in [4.78, 5) is 0. The average molecular weight is 325 g/mol. The molecule has 1 aromatic carbocycles. The minimum Gasteiger partial charge on any atom is -0.396 e. The van der Waals surface area contributed by atoms with Crippen molar-refractivity contribution >= 4 is 34.8 Å². The Labute approximate surface area is 130 Å². The van der Waals surface area contributed by atoms with E-state index in [1.165, 1.54) is 0 Å². The highest BCUT2D eigenvalue weighted by molar-refractivity contribution is 6.44. The number of hydrogen-bond donors (Lipinski definition) is 2. The second kappa shape index (κ2) is 9.04. The highest BCUT2D eigenvalue weighted by Crippen LogP contribution is 2.31. The van der Waals surface area contributed by atoms with Gasteiger partial charge in [-0.1, -0.05) is 48.1 Å². The van der Waals surface area contributed by atoms with E-state index in [4.69, 9.17) is 39.9 Å². The van der Waals surface area contributed by atoms with Crippen LogP contribution in [0.25, 0.3) is 0 Å². The van der Waals surface area contributed by atoms with Gasteiger partial charge in [0.2, 0.25) is 0 Å². The minimum absolute atomic E-state index is 0.227. The van der Waals surface area contributed by atoms with Gasteiger partial charge in [0.1, 0.15) is 0 Å². The van der Waals surface area contributed by atoms with Crippen LogP contribution < -0.4 is 5.32 Å². The molecule has 0 fully saturated rings. The van der Waals surface area contributed by atoms with Gasteiger partial charge in [0.15, 0.2) is 0 Å². The van der Waals surface area contributed by atoms with Gasteiger partial charge in [-0.3, -0.25) is 0 Å². The molecule has 0 aliphatic rings. The van der Waals surface area contributed by atoms with E-state index in [9.17, 15) is 0 Å². The normalized spacial score (nSPS) is 12.7. The highest BCUT2D eigenvalue weighted by Gasteiger charge is 2.11. The Morgan fingerprint density at radius 1 is 1.16 bits per heavy atom. The average Bonchev–Trinajstić information content (AvgIpc) is 2.38. The standard InChI is InChI=1S/C14H20Cl3NO/c1-2-3-10(6-7-19)8-18-9-11-12(15)4-5-13(16)14(11)17/h4-5,10,18-19H,2-3,6-9H2,1H3. The summed E-state index contributed by atoms with van der Waals surface area (Å²) < 4.78 is 0. The van der Waals surface area contributed by atoms with Crippen LogP contribution in [0.15, 0.2) is 12.1 Å². The van der Waals surface area contributed by atoms with E-state index >= 15 is 0 Å². The molecule has 0 saturated carbocycles. The third-order valence-electron chi connectivity index (χ3n) is 3.11. The van der Waals surface area contributed by atoms with E-state index in [2.05, 4.69) is 12.2 Å². The molecular formula is C14H20Cl3NO. The van der Waals surface area contributed by atoms with Crippen molar-refractivity contribution in [2.45, 2.75) is 32.7 Å². The maximum atomic E-state index is 9.02. The molecule has 0 aliphatic carbocycles. The Morgan fingerprint density at radius 2 is 1.84 bits per heavy atom. The summed E-state index contributed by atoms with van der Waals surface area (Å²) in [7, 11) is 0. The van der Waals surface area contributed by atoms with Gasteiger partial charge in [0.25, 0.3) is 0 Å². The van der Waals surface area contributed by atoms with Crippen molar-refractivity contribution in [2.75, 3.05) is 13.2 Å². The first-order valence-electron chi connectivity index (χ1n) is 6.54. The molecule has 19 heavy (non-hydrogen) atoms. The molecule has 0 aromatic heterocycles. The van der Waals surface area contributed by atoms with Gasteiger partial charge in [-0.25, -0.2) is 0 Å². The summed E-state index contributed by atoms with van der Waals surface area (Å²) in [5, 5.41) is 14.0. The lowest BCUT2D eigenvalue weighted by Gasteiger charge is -2.16. The van der Waals surface area contributed by atoms with Crippen LogP contribution in [0.5, 0.6) is 0 Å². The first-order valence-corrected chi connectivity index (χ1v) is 7.67. The summed E-state index contributed by atoms with van der Waals surface area (Å²) in [6, 6.07) is 3.45. The quantitative estimate of drug-likeness (QED) is 0.688. The highest BCUT2D eigenvalue weighted by atomic mass is 35.5. The third kappa shape index (κ3) is 5.49. The monoisotopic (exact) mass is 323 g/mol. The largest absolute Gasteiger partial charge is 0.396 e. The van der Waals surface area contributed by atoms with Crippen LogP contribution >= 0.6 is 34.8 Å². The smallest absolute Gasteiger partial charge is 0.0652 e. The lowest BCUT2D eigenvalue weighted by atomic mass is 10.0. The van der Waals surface area contributed by atoms with E-state index in [0.717, 1.165) is 31.4 Å². The number of rotatable bonds is 8. The number of nitrogens with one attached hydrogen (secondary N) is 1. The number of halogens is 3. The number of aliphatic hydroxyl groups is 1. The van der Waals surface area contributed by atoms with Gasteiger partial charge in [0.05, 0.1) is 10.0 Å². The van der Waals surface area contributed by atoms with Crippen molar-refractivity contribution in [1.29, 1.82) is 0 Å². The molecule has 108 valence electrons. The molecule has 5 heteroatoms. The first kappa shape index (κ1) is 17.1. The number of aliphatic hydroxyl groups excluding tert-OH is 1. The molecule has 1 aromatic rings. The predicted molar refractivity (Wildman–Crippen MR) is 83.3 cm³/mol. The fourth-order valence-electron chi connectivity index (χ4n) is 2.07. The second-order valence-electron chi connectivity index (χ2n) is 4.62. The molecule has 0 heterocycles. The Hall–Kier alpha value is 0.01000. The van der Waals surface area contributed by atoms with Crippen molar-refractivity contribution in [3.8, 4) is 0 Å². The van der Waals surface area contributed by atoms with Gasteiger partial charge in [-0.15, -0.1) is 0 Å². The van der Waals surface area contributed by atoms with E-state index < -0.39 is 0 Å². The fraction of sp³-hybridized carbons (Fsp3) is 0.571.